The molecule has 2 nitrogen and oxygen atoms in total. The van der Waals surface area contributed by atoms with E-state index in [0.717, 1.165) is 21.3 Å². The van der Waals surface area contributed by atoms with Gasteiger partial charge in [0.2, 0.25) is 5.28 Å². The van der Waals surface area contributed by atoms with E-state index < -0.39 is 0 Å². The minimum atomic E-state index is 0.190. The van der Waals surface area contributed by atoms with E-state index in [1.165, 1.54) is 16.0 Å². The zero-order valence-corrected chi connectivity index (χ0v) is 13.6. The van der Waals surface area contributed by atoms with Crippen LogP contribution in [-0.2, 0) is 0 Å². The smallest absolute Gasteiger partial charge is 0.207 e. The molecule has 0 aliphatic heterocycles. The molecule has 3 rings (SSSR count). The highest BCUT2D eigenvalue weighted by atomic mass is 35.5. The first-order valence-electron chi connectivity index (χ1n) is 6.17. The third-order valence-corrected chi connectivity index (χ3v) is 4.89. The molecule has 0 N–H and O–H groups in total. The molecule has 0 radical (unpaired) electrons. The molecule has 0 bridgehead atoms. The van der Waals surface area contributed by atoms with Crippen molar-refractivity contribution in [2.45, 2.75) is 20.8 Å². The monoisotopic (exact) mass is 322 g/mol. The Bertz CT molecular complexity index is 824. The molecule has 20 heavy (non-hydrogen) atoms. The summed E-state index contributed by atoms with van der Waals surface area (Å²) in [6.45, 7) is 6.28. The van der Waals surface area contributed by atoms with Gasteiger partial charge in [-0.15, -0.1) is 11.3 Å². The lowest BCUT2D eigenvalue weighted by Gasteiger charge is -2.06. The highest BCUT2D eigenvalue weighted by Crippen LogP contribution is 2.41. The van der Waals surface area contributed by atoms with E-state index in [1.807, 2.05) is 0 Å². The third kappa shape index (κ3) is 2.20. The van der Waals surface area contributed by atoms with E-state index in [1.54, 1.807) is 11.3 Å². The van der Waals surface area contributed by atoms with E-state index in [2.05, 4.69) is 48.9 Å². The van der Waals surface area contributed by atoms with Gasteiger partial charge in [-0.2, -0.15) is 0 Å². The van der Waals surface area contributed by atoms with Gasteiger partial charge in [0.15, 0.2) is 0 Å². The number of nitrogens with zero attached hydrogens (tertiary/aromatic N) is 2. The van der Waals surface area contributed by atoms with Gasteiger partial charge in [0.05, 0.1) is 5.39 Å². The topological polar surface area (TPSA) is 25.8 Å². The molecule has 102 valence electrons. The third-order valence-electron chi connectivity index (χ3n) is 3.45. The van der Waals surface area contributed by atoms with Gasteiger partial charge in [-0.05, 0) is 49.1 Å². The van der Waals surface area contributed by atoms with Gasteiger partial charge >= 0.3 is 0 Å². The maximum atomic E-state index is 6.27. The van der Waals surface area contributed by atoms with Crippen LogP contribution in [0.5, 0.6) is 0 Å². The predicted molar refractivity (Wildman–Crippen MR) is 87.1 cm³/mol. The van der Waals surface area contributed by atoms with E-state index in [9.17, 15) is 0 Å². The Morgan fingerprint density at radius 1 is 1.00 bits per heavy atom. The number of benzene rings is 1. The Hall–Kier alpha value is -1.16. The summed E-state index contributed by atoms with van der Waals surface area (Å²) in [5, 5.41) is 1.50. The fourth-order valence-corrected chi connectivity index (χ4v) is 3.92. The van der Waals surface area contributed by atoms with Crippen molar-refractivity contribution < 1.29 is 0 Å². The fraction of sp³-hybridized carbons (Fsp3) is 0.200. The number of hydrogen-bond acceptors (Lipinski definition) is 3. The first-order valence-corrected chi connectivity index (χ1v) is 7.74. The van der Waals surface area contributed by atoms with Crippen molar-refractivity contribution in [2.75, 3.05) is 0 Å². The molecule has 0 saturated carbocycles. The second-order valence-electron chi connectivity index (χ2n) is 4.80. The van der Waals surface area contributed by atoms with Gasteiger partial charge in [0, 0.05) is 10.4 Å². The molecule has 3 aromatic rings. The van der Waals surface area contributed by atoms with Crippen LogP contribution in [0.1, 0.15) is 16.0 Å². The first-order chi connectivity index (χ1) is 9.47. The molecular formula is C15H12Cl2N2S. The quantitative estimate of drug-likeness (QED) is 0.431. The number of thiophene rings is 1. The van der Waals surface area contributed by atoms with E-state index in [0.29, 0.717) is 5.15 Å². The minimum Gasteiger partial charge on any atom is -0.207 e. The van der Waals surface area contributed by atoms with Gasteiger partial charge in [-0.25, -0.2) is 9.97 Å². The summed E-state index contributed by atoms with van der Waals surface area (Å²) in [7, 11) is 0. The zero-order chi connectivity index (χ0) is 14.4. The van der Waals surface area contributed by atoms with Crippen molar-refractivity contribution in [1.29, 1.82) is 0 Å². The van der Waals surface area contributed by atoms with Gasteiger partial charge in [0.25, 0.3) is 0 Å². The molecule has 0 spiro atoms. The summed E-state index contributed by atoms with van der Waals surface area (Å²) in [4.78, 5) is 10.3. The van der Waals surface area contributed by atoms with Crippen LogP contribution in [-0.4, -0.2) is 9.97 Å². The highest BCUT2D eigenvalue weighted by molar-refractivity contribution is 7.19. The lowest BCUT2D eigenvalue weighted by atomic mass is 9.99. The summed E-state index contributed by atoms with van der Waals surface area (Å²) < 4.78 is 0. The largest absolute Gasteiger partial charge is 0.225 e. The zero-order valence-electron chi connectivity index (χ0n) is 11.3. The Balaban J connectivity index is 2.35. The molecule has 0 atom stereocenters. The molecule has 0 aliphatic carbocycles. The van der Waals surface area contributed by atoms with Crippen LogP contribution in [0.25, 0.3) is 21.3 Å². The molecule has 0 unspecified atom stereocenters. The number of aromatic nitrogens is 2. The standard InChI is InChI=1S/C15H12Cl2N2S/c1-7-4-5-10(6-8(7)2)11-9(3)20-14-12(11)13(16)18-15(17)19-14/h4-6H,1-3H3. The SMILES string of the molecule is Cc1ccc(-c2c(C)sc3nc(Cl)nc(Cl)c23)cc1C. The lowest BCUT2D eigenvalue weighted by molar-refractivity contribution is 1.23. The maximum absolute atomic E-state index is 6.27. The minimum absolute atomic E-state index is 0.190. The molecular weight excluding hydrogens is 311 g/mol. The number of fused-ring (bicyclic) bond motifs is 1. The van der Waals surface area contributed by atoms with Crippen LogP contribution >= 0.6 is 34.5 Å². The lowest BCUT2D eigenvalue weighted by Crippen LogP contribution is -1.87. The van der Waals surface area contributed by atoms with Crippen molar-refractivity contribution in [3.8, 4) is 11.1 Å². The van der Waals surface area contributed by atoms with Crippen molar-refractivity contribution in [2.24, 2.45) is 0 Å². The predicted octanol–water partition coefficient (Wildman–Crippen LogP) is 5.59. The van der Waals surface area contributed by atoms with Crippen LogP contribution in [0.3, 0.4) is 0 Å². The van der Waals surface area contributed by atoms with Crippen molar-refractivity contribution in [1.82, 2.24) is 9.97 Å². The van der Waals surface area contributed by atoms with E-state index in [4.69, 9.17) is 23.2 Å². The molecule has 0 fully saturated rings. The number of halogens is 2. The molecule has 0 saturated heterocycles. The molecule has 2 aromatic heterocycles. The summed E-state index contributed by atoms with van der Waals surface area (Å²) in [5.41, 5.74) is 4.78. The van der Waals surface area contributed by atoms with E-state index in [-0.39, 0.29) is 5.28 Å². The van der Waals surface area contributed by atoms with Crippen LogP contribution in [0.4, 0.5) is 0 Å². The number of hydrogen-bond donors (Lipinski definition) is 0. The summed E-state index contributed by atoms with van der Waals surface area (Å²) in [6.07, 6.45) is 0. The number of aryl methyl sites for hydroxylation is 3. The second kappa shape index (κ2) is 4.99. The highest BCUT2D eigenvalue weighted by Gasteiger charge is 2.17. The molecule has 5 heteroatoms. The van der Waals surface area contributed by atoms with Crippen LogP contribution < -0.4 is 0 Å². The Kier molecular flexibility index (Phi) is 3.44. The molecule has 2 heterocycles. The van der Waals surface area contributed by atoms with Gasteiger partial charge in [-0.3, -0.25) is 0 Å². The van der Waals surface area contributed by atoms with Gasteiger partial charge in [-0.1, -0.05) is 29.8 Å². The Morgan fingerprint density at radius 3 is 2.45 bits per heavy atom. The van der Waals surface area contributed by atoms with Crippen LogP contribution in [0, 0.1) is 20.8 Å². The molecule has 0 aliphatic rings. The van der Waals surface area contributed by atoms with Crippen molar-refractivity contribution in [3.63, 3.8) is 0 Å². The summed E-state index contributed by atoms with van der Waals surface area (Å²) in [6, 6.07) is 6.41. The normalized spacial score (nSPS) is 11.2. The summed E-state index contributed by atoms with van der Waals surface area (Å²) >= 11 is 13.7. The van der Waals surface area contributed by atoms with Crippen LogP contribution in [0.15, 0.2) is 18.2 Å². The Morgan fingerprint density at radius 2 is 1.75 bits per heavy atom. The van der Waals surface area contributed by atoms with Crippen molar-refractivity contribution >= 4 is 44.8 Å². The first kappa shape index (κ1) is 13.8. The maximum Gasteiger partial charge on any atom is 0.225 e. The second-order valence-corrected chi connectivity index (χ2v) is 6.70. The summed E-state index contributed by atoms with van der Waals surface area (Å²) in [5.74, 6) is 0. The Labute approximate surface area is 131 Å². The van der Waals surface area contributed by atoms with Gasteiger partial charge < -0.3 is 0 Å². The fourth-order valence-electron chi connectivity index (χ4n) is 2.29. The van der Waals surface area contributed by atoms with E-state index >= 15 is 0 Å². The average Bonchev–Trinajstić information content (AvgIpc) is 2.69. The van der Waals surface area contributed by atoms with Crippen LogP contribution in [0.2, 0.25) is 10.4 Å². The molecule has 1 aromatic carbocycles. The molecule has 0 amide bonds. The van der Waals surface area contributed by atoms with Crippen molar-refractivity contribution in [3.05, 3.63) is 44.6 Å². The van der Waals surface area contributed by atoms with Gasteiger partial charge in [0.1, 0.15) is 9.98 Å². The average molecular weight is 323 g/mol. The number of rotatable bonds is 1.